The van der Waals surface area contributed by atoms with Gasteiger partial charge in [0.15, 0.2) is 0 Å². The number of nitrogen functional groups attached to an aromatic ring is 1. The van der Waals surface area contributed by atoms with Crippen LogP contribution in [0.2, 0.25) is 0 Å². The van der Waals surface area contributed by atoms with E-state index in [2.05, 4.69) is 28.9 Å². The molecule has 0 aliphatic carbocycles. The van der Waals surface area contributed by atoms with Gasteiger partial charge in [0.2, 0.25) is 0 Å². The van der Waals surface area contributed by atoms with Crippen molar-refractivity contribution in [3.05, 3.63) is 36.0 Å². The molecule has 0 bridgehead atoms. The first-order valence-corrected chi connectivity index (χ1v) is 8.12. The van der Waals surface area contributed by atoms with E-state index < -0.39 is 0 Å². The van der Waals surface area contributed by atoms with Gasteiger partial charge in [0.05, 0.1) is 0 Å². The van der Waals surface area contributed by atoms with Gasteiger partial charge in [-0.1, -0.05) is 31.2 Å². The third-order valence-corrected chi connectivity index (χ3v) is 4.39. The van der Waals surface area contributed by atoms with Crippen LogP contribution in [0.1, 0.15) is 23.8 Å². The van der Waals surface area contributed by atoms with E-state index in [1.54, 1.807) is 17.8 Å². The van der Waals surface area contributed by atoms with Crippen molar-refractivity contribution < 1.29 is 4.79 Å². The molecule has 112 valence electrons. The van der Waals surface area contributed by atoms with Crippen molar-refractivity contribution in [3.8, 4) is 0 Å². The number of thioether (sulfide) groups is 1. The Morgan fingerprint density at radius 2 is 2.19 bits per heavy atom. The molecule has 1 heterocycles. The maximum atomic E-state index is 12.2. The number of benzene rings is 1. The summed E-state index contributed by atoms with van der Waals surface area (Å²) in [5.74, 6) is 5.83. The van der Waals surface area contributed by atoms with Crippen LogP contribution in [0.15, 0.2) is 30.3 Å². The average molecular weight is 304 g/mol. The number of hydrogen-bond acceptors (Lipinski definition) is 5. The number of rotatable bonds is 6. The quantitative estimate of drug-likeness (QED) is 0.564. The topological polar surface area (TPSA) is 80.0 Å². The van der Waals surface area contributed by atoms with Crippen LogP contribution in [0.4, 0.5) is 5.82 Å². The summed E-state index contributed by atoms with van der Waals surface area (Å²) in [5, 5.41) is 5.25. The lowest BCUT2D eigenvalue weighted by molar-refractivity contribution is 0.0948. The van der Waals surface area contributed by atoms with Crippen LogP contribution in [-0.2, 0) is 0 Å². The molecular weight excluding hydrogens is 284 g/mol. The monoisotopic (exact) mass is 304 g/mol. The Balaban J connectivity index is 2.16. The number of nitrogens with zero attached hydrogens (tertiary/aromatic N) is 1. The number of hydrogen-bond donors (Lipinski definition) is 3. The zero-order chi connectivity index (χ0) is 15.2. The lowest BCUT2D eigenvalue weighted by Gasteiger charge is -2.11. The van der Waals surface area contributed by atoms with Gasteiger partial charge in [0.25, 0.3) is 5.91 Å². The average Bonchev–Trinajstić information content (AvgIpc) is 2.53. The number of nitrogens with one attached hydrogen (secondary N) is 2. The highest BCUT2D eigenvalue weighted by molar-refractivity contribution is 7.99. The molecule has 21 heavy (non-hydrogen) atoms. The molecule has 0 saturated carbocycles. The fourth-order valence-electron chi connectivity index (χ4n) is 2.02. The van der Waals surface area contributed by atoms with Crippen LogP contribution in [-0.4, -0.2) is 28.9 Å². The molecule has 6 heteroatoms. The standard InChI is InChI=1S/C15H20N4OS/c1-10(21-2)7-8-17-15(20)13-9-11-5-3-4-6-12(11)14(18-13)19-16/h3-6,9-10H,7-8,16H2,1-2H3,(H,17,20)(H,18,19). The van der Waals surface area contributed by atoms with Crippen LogP contribution in [0.5, 0.6) is 0 Å². The summed E-state index contributed by atoms with van der Waals surface area (Å²) in [6.07, 6.45) is 3.00. The first-order chi connectivity index (χ1) is 10.2. The number of carbonyl (C=O) groups excluding carboxylic acids is 1. The van der Waals surface area contributed by atoms with E-state index >= 15 is 0 Å². The first kappa shape index (κ1) is 15.6. The molecule has 1 atom stereocenters. The van der Waals surface area contributed by atoms with Gasteiger partial charge in [-0.2, -0.15) is 11.8 Å². The minimum Gasteiger partial charge on any atom is -0.351 e. The van der Waals surface area contributed by atoms with Gasteiger partial charge in [-0.25, -0.2) is 10.8 Å². The molecule has 1 amide bonds. The second-order valence-electron chi connectivity index (χ2n) is 4.81. The number of aromatic nitrogens is 1. The van der Waals surface area contributed by atoms with Crippen molar-refractivity contribution >= 4 is 34.3 Å². The third-order valence-electron chi connectivity index (χ3n) is 3.35. The Morgan fingerprint density at radius 1 is 1.43 bits per heavy atom. The second-order valence-corrected chi connectivity index (χ2v) is 6.09. The molecule has 5 nitrogen and oxygen atoms in total. The number of fused-ring (bicyclic) bond motifs is 1. The number of amides is 1. The Hall–Kier alpha value is -1.79. The molecule has 0 fully saturated rings. The van der Waals surface area contributed by atoms with Crippen molar-refractivity contribution in [3.63, 3.8) is 0 Å². The molecule has 1 aromatic heterocycles. The Labute approximate surface area is 128 Å². The molecule has 4 N–H and O–H groups in total. The highest BCUT2D eigenvalue weighted by atomic mass is 32.2. The molecule has 1 unspecified atom stereocenters. The van der Waals surface area contributed by atoms with Gasteiger partial charge in [0, 0.05) is 17.2 Å². The molecule has 0 spiro atoms. The van der Waals surface area contributed by atoms with Crippen LogP contribution in [0.3, 0.4) is 0 Å². The van der Waals surface area contributed by atoms with Gasteiger partial charge in [0.1, 0.15) is 11.5 Å². The molecule has 0 radical (unpaired) electrons. The van der Waals surface area contributed by atoms with E-state index in [-0.39, 0.29) is 5.91 Å². The third kappa shape index (κ3) is 3.86. The zero-order valence-electron chi connectivity index (χ0n) is 12.2. The van der Waals surface area contributed by atoms with E-state index in [0.717, 1.165) is 17.2 Å². The molecular formula is C15H20N4OS. The van der Waals surface area contributed by atoms with E-state index in [1.165, 1.54) is 0 Å². The normalized spacial score (nSPS) is 12.1. The summed E-state index contributed by atoms with van der Waals surface area (Å²) >= 11 is 1.79. The number of anilines is 1. The van der Waals surface area contributed by atoms with Gasteiger partial charge in [-0.15, -0.1) is 0 Å². The second kappa shape index (κ2) is 7.28. The molecule has 2 rings (SSSR count). The van der Waals surface area contributed by atoms with Crippen LogP contribution >= 0.6 is 11.8 Å². The number of pyridine rings is 1. The van der Waals surface area contributed by atoms with Crippen molar-refractivity contribution in [2.45, 2.75) is 18.6 Å². The Morgan fingerprint density at radius 3 is 2.90 bits per heavy atom. The summed E-state index contributed by atoms with van der Waals surface area (Å²) in [4.78, 5) is 16.5. The fraction of sp³-hybridized carbons (Fsp3) is 0.333. The van der Waals surface area contributed by atoms with Crippen LogP contribution < -0.4 is 16.6 Å². The van der Waals surface area contributed by atoms with Crippen molar-refractivity contribution in [1.29, 1.82) is 0 Å². The summed E-state index contributed by atoms with van der Waals surface area (Å²) in [5.41, 5.74) is 2.93. The maximum Gasteiger partial charge on any atom is 0.269 e. The Kier molecular flexibility index (Phi) is 5.41. The van der Waals surface area contributed by atoms with Gasteiger partial charge in [-0.05, 0) is 24.1 Å². The van der Waals surface area contributed by atoms with E-state index in [1.807, 2.05) is 24.3 Å². The minimum atomic E-state index is -0.175. The predicted octanol–water partition coefficient (Wildman–Crippen LogP) is 2.39. The van der Waals surface area contributed by atoms with E-state index in [9.17, 15) is 4.79 Å². The summed E-state index contributed by atoms with van der Waals surface area (Å²) in [7, 11) is 0. The molecule has 1 aromatic carbocycles. The maximum absolute atomic E-state index is 12.2. The minimum absolute atomic E-state index is 0.175. The van der Waals surface area contributed by atoms with Gasteiger partial charge >= 0.3 is 0 Å². The highest BCUT2D eigenvalue weighted by Gasteiger charge is 2.11. The number of hydrazine groups is 1. The fourth-order valence-corrected chi connectivity index (χ4v) is 2.38. The highest BCUT2D eigenvalue weighted by Crippen LogP contribution is 2.21. The molecule has 2 aromatic rings. The lowest BCUT2D eigenvalue weighted by atomic mass is 10.1. The zero-order valence-corrected chi connectivity index (χ0v) is 13.0. The first-order valence-electron chi connectivity index (χ1n) is 6.83. The van der Waals surface area contributed by atoms with Crippen LogP contribution in [0, 0.1) is 0 Å². The smallest absolute Gasteiger partial charge is 0.269 e. The van der Waals surface area contributed by atoms with E-state index in [4.69, 9.17) is 5.84 Å². The number of nitrogens with two attached hydrogens (primary N) is 1. The predicted molar refractivity (Wildman–Crippen MR) is 89.5 cm³/mol. The summed E-state index contributed by atoms with van der Waals surface area (Å²) in [6, 6.07) is 9.46. The lowest BCUT2D eigenvalue weighted by Crippen LogP contribution is -2.27. The van der Waals surface area contributed by atoms with E-state index in [0.29, 0.717) is 23.3 Å². The van der Waals surface area contributed by atoms with Crippen LogP contribution in [0.25, 0.3) is 10.8 Å². The molecule has 0 aliphatic rings. The Bertz CT molecular complexity index is 632. The van der Waals surface area contributed by atoms with Crippen molar-refractivity contribution in [2.75, 3.05) is 18.2 Å². The molecule has 0 aliphatic heterocycles. The number of carbonyl (C=O) groups is 1. The van der Waals surface area contributed by atoms with Gasteiger partial charge in [-0.3, -0.25) is 4.79 Å². The summed E-state index contributed by atoms with van der Waals surface area (Å²) in [6.45, 7) is 2.78. The van der Waals surface area contributed by atoms with Gasteiger partial charge < -0.3 is 10.7 Å². The SMILES string of the molecule is CSC(C)CCNC(=O)c1cc2ccccc2c(NN)n1. The molecule has 0 saturated heterocycles. The largest absolute Gasteiger partial charge is 0.351 e. The van der Waals surface area contributed by atoms with Crippen molar-refractivity contribution in [1.82, 2.24) is 10.3 Å². The van der Waals surface area contributed by atoms with Crippen molar-refractivity contribution in [2.24, 2.45) is 5.84 Å². The summed E-state index contributed by atoms with van der Waals surface area (Å²) < 4.78 is 0.